The van der Waals surface area contributed by atoms with Gasteiger partial charge in [0, 0.05) is 23.5 Å². The zero-order valence-electron chi connectivity index (χ0n) is 11.1. The molecule has 1 aromatic heterocycles. The van der Waals surface area contributed by atoms with Gasteiger partial charge in [-0.25, -0.2) is 4.98 Å². The highest BCUT2D eigenvalue weighted by Gasteiger charge is 2.01. The monoisotopic (exact) mass is 276 g/mol. The molecule has 2 rings (SSSR count). The van der Waals surface area contributed by atoms with E-state index in [1.165, 1.54) is 0 Å². The molecule has 0 unspecified atom stereocenters. The van der Waals surface area contributed by atoms with Crippen molar-refractivity contribution >= 4 is 29.1 Å². The Kier molecular flexibility index (Phi) is 4.58. The standard InChI is InChI=1S/C14H17ClN4/c1-3-7-16-14-17-8-6-13(19-14)18-11-5-4-10(2)12(15)9-11/h4-6,8-9H,3,7H2,1-2H3,(H2,16,17,18,19). The molecule has 0 aliphatic carbocycles. The third-order valence-corrected chi connectivity index (χ3v) is 3.04. The Balaban J connectivity index is 2.11. The maximum atomic E-state index is 6.09. The van der Waals surface area contributed by atoms with Crippen molar-refractivity contribution in [3.05, 3.63) is 41.0 Å². The second-order valence-electron chi connectivity index (χ2n) is 4.28. The Hall–Kier alpha value is -1.81. The van der Waals surface area contributed by atoms with Crippen molar-refractivity contribution in [2.75, 3.05) is 17.2 Å². The van der Waals surface area contributed by atoms with Gasteiger partial charge in [0.05, 0.1) is 0 Å². The second-order valence-corrected chi connectivity index (χ2v) is 4.69. The van der Waals surface area contributed by atoms with Gasteiger partial charge >= 0.3 is 0 Å². The number of nitrogens with zero attached hydrogens (tertiary/aromatic N) is 2. The second kappa shape index (κ2) is 6.38. The van der Waals surface area contributed by atoms with Gasteiger partial charge in [0.25, 0.3) is 0 Å². The van der Waals surface area contributed by atoms with Crippen molar-refractivity contribution in [2.24, 2.45) is 0 Å². The molecule has 2 N–H and O–H groups in total. The summed E-state index contributed by atoms with van der Waals surface area (Å²) in [5.41, 5.74) is 1.97. The van der Waals surface area contributed by atoms with Crippen LogP contribution < -0.4 is 10.6 Å². The zero-order chi connectivity index (χ0) is 13.7. The first kappa shape index (κ1) is 13.6. The largest absolute Gasteiger partial charge is 0.354 e. The van der Waals surface area contributed by atoms with Gasteiger partial charge in [-0.3, -0.25) is 0 Å². The van der Waals surface area contributed by atoms with Crippen molar-refractivity contribution in [3.8, 4) is 0 Å². The lowest BCUT2D eigenvalue weighted by Crippen LogP contribution is -2.05. The van der Waals surface area contributed by atoms with Gasteiger partial charge in [0.15, 0.2) is 0 Å². The molecular weight excluding hydrogens is 260 g/mol. The van der Waals surface area contributed by atoms with E-state index in [-0.39, 0.29) is 0 Å². The van der Waals surface area contributed by atoms with Crippen LogP contribution in [0.4, 0.5) is 17.5 Å². The number of hydrogen-bond donors (Lipinski definition) is 2. The summed E-state index contributed by atoms with van der Waals surface area (Å²) in [5.74, 6) is 1.37. The topological polar surface area (TPSA) is 49.8 Å². The minimum Gasteiger partial charge on any atom is -0.354 e. The van der Waals surface area contributed by atoms with Crippen molar-refractivity contribution < 1.29 is 0 Å². The molecule has 0 bridgehead atoms. The van der Waals surface area contributed by atoms with E-state index in [0.29, 0.717) is 5.95 Å². The molecule has 5 heteroatoms. The van der Waals surface area contributed by atoms with E-state index in [4.69, 9.17) is 11.6 Å². The van der Waals surface area contributed by atoms with Crippen LogP contribution in [0.25, 0.3) is 0 Å². The fourth-order valence-corrected chi connectivity index (χ4v) is 1.75. The maximum Gasteiger partial charge on any atom is 0.224 e. The molecule has 2 aromatic rings. The van der Waals surface area contributed by atoms with Crippen LogP contribution in [0.1, 0.15) is 18.9 Å². The molecule has 100 valence electrons. The molecule has 1 heterocycles. The fraction of sp³-hybridized carbons (Fsp3) is 0.286. The van der Waals surface area contributed by atoms with Crippen LogP contribution in [0.3, 0.4) is 0 Å². The average molecular weight is 277 g/mol. The van der Waals surface area contributed by atoms with E-state index >= 15 is 0 Å². The van der Waals surface area contributed by atoms with Crippen LogP contribution in [0, 0.1) is 6.92 Å². The molecule has 0 fully saturated rings. The summed E-state index contributed by atoms with van der Waals surface area (Å²) < 4.78 is 0. The summed E-state index contributed by atoms with van der Waals surface area (Å²) in [6.45, 7) is 4.94. The molecule has 4 nitrogen and oxygen atoms in total. The first-order valence-corrected chi connectivity index (χ1v) is 6.67. The Morgan fingerprint density at radius 2 is 2.11 bits per heavy atom. The van der Waals surface area contributed by atoms with Crippen LogP contribution in [-0.4, -0.2) is 16.5 Å². The highest BCUT2D eigenvalue weighted by molar-refractivity contribution is 6.31. The van der Waals surface area contributed by atoms with Gasteiger partial charge in [-0.1, -0.05) is 24.6 Å². The number of aryl methyl sites for hydroxylation is 1. The summed E-state index contributed by atoms with van der Waals surface area (Å²) in [5, 5.41) is 7.11. The van der Waals surface area contributed by atoms with E-state index in [2.05, 4.69) is 27.5 Å². The van der Waals surface area contributed by atoms with Gasteiger partial charge in [-0.15, -0.1) is 0 Å². The van der Waals surface area contributed by atoms with E-state index in [0.717, 1.165) is 35.1 Å². The Morgan fingerprint density at radius 3 is 2.84 bits per heavy atom. The highest BCUT2D eigenvalue weighted by atomic mass is 35.5. The minimum absolute atomic E-state index is 0.630. The lowest BCUT2D eigenvalue weighted by Gasteiger charge is -2.08. The molecule has 19 heavy (non-hydrogen) atoms. The Bertz CT molecular complexity index is 557. The van der Waals surface area contributed by atoms with Crippen molar-refractivity contribution in [2.45, 2.75) is 20.3 Å². The maximum absolute atomic E-state index is 6.09. The van der Waals surface area contributed by atoms with E-state index in [1.807, 2.05) is 31.2 Å². The molecule has 0 radical (unpaired) electrons. The van der Waals surface area contributed by atoms with Gasteiger partial charge in [-0.05, 0) is 37.1 Å². The van der Waals surface area contributed by atoms with Crippen LogP contribution in [0.2, 0.25) is 5.02 Å². The molecule has 0 aliphatic heterocycles. The lowest BCUT2D eigenvalue weighted by atomic mass is 10.2. The van der Waals surface area contributed by atoms with Gasteiger partial charge in [0.1, 0.15) is 5.82 Å². The highest BCUT2D eigenvalue weighted by Crippen LogP contribution is 2.22. The number of aromatic nitrogens is 2. The number of rotatable bonds is 5. The molecule has 0 aliphatic rings. The number of hydrogen-bond acceptors (Lipinski definition) is 4. The van der Waals surface area contributed by atoms with Gasteiger partial charge in [0.2, 0.25) is 5.95 Å². The number of nitrogens with one attached hydrogen (secondary N) is 2. The summed E-state index contributed by atoms with van der Waals surface area (Å²) in [4.78, 5) is 8.54. The van der Waals surface area contributed by atoms with Gasteiger partial charge in [-0.2, -0.15) is 4.98 Å². The van der Waals surface area contributed by atoms with E-state index in [1.54, 1.807) is 6.20 Å². The number of benzene rings is 1. The first-order chi connectivity index (χ1) is 9.19. The third kappa shape index (κ3) is 3.83. The van der Waals surface area contributed by atoms with Gasteiger partial charge < -0.3 is 10.6 Å². The van der Waals surface area contributed by atoms with Crippen molar-refractivity contribution in [1.82, 2.24) is 9.97 Å². The van der Waals surface area contributed by atoms with Crippen LogP contribution in [0.15, 0.2) is 30.5 Å². The minimum atomic E-state index is 0.630. The smallest absolute Gasteiger partial charge is 0.224 e. The molecule has 0 saturated carbocycles. The first-order valence-electron chi connectivity index (χ1n) is 6.29. The number of anilines is 3. The molecular formula is C14H17ClN4. The molecule has 0 saturated heterocycles. The zero-order valence-corrected chi connectivity index (χ0v) is 11.8. The van der Waals surface area contributed by atoms with Crippen LogP contribution >= 0.6 is 11.6 Å². The van der Waals surface area contributed by atoms with E-state index < -0.39 is 0 Å². The van der Waals surface area contributed by atoms with Crippen LogP contribution in [-0.2, 0) is 0 Å². The number of halogens is 1. The van der Waals surface area contributed by atoms with Crippen molar-refractivity contribution in [3.63, 3.8) is 0 Å². The average Bonchev–Trinajstić information content (AvgIpc) is 2.41. The van der Waals surface area contributed by atoms with Crippen molar-refractivity contribution in [1.29, 1.82) is 0 Å². The third-order valence-electron chi connectivity index (χ3n) is 2.63. The Labute approximate surface area is 118 Å². The summed E-state index contributed by atoms with van der Waals surface area (Å²) in [6.07, 6.45) is 2.76. The Morgan fingerprint density at radius 1 is 1.26 bits per heavy atom. The lowest BCUT2D eigenvalue weighted by molar-refractivity contribution is 0.953. The quantitative estimate of drug-likeness (QED) is 0.866. The predicted molar refractivity (Wildman–Crippen MR) is 80.3 cm³/mol. The summed E-state index contributed by atoms with van der Waals surface area (Å²) in [7, 11) is 0. The summed E-state index contributed by atoms with van der Waals surface area (Å²) >= 11 is 6.09. The predicted octanol–water partition coefficient (Wildman–Crippen LogP) is 4.00. The molecule has 0 spiro atoms. The van der Waals surface area contributed by atoms with E-state index in [9.17, 15) is 0 Å². The molecule has 1 aromatic carbocycles. The molecule has 0 amide bonds. The van der Waals surface area contributed by atoms with Crippen LogP contribution in [0.5, 0.6) is 0 Å². The molecule has 0 atom stereocenters. The SMILES string of the molecule is CCCNc1nccc(Nc2ccc(C)c(Cl)c2)n1. The summed E-state index contributed by atoms with van der Waals surface area (Å²) in [6, 6.07) is 7.66. The fourth-order valence-electron chi connectivity index (χ4n) is 1.57. The normalized spacial score (nSPS) is 10.3.